The molecule has 1 amide bonds. The molecule has 10 nitrogen and oxygen atoms in total. The third kappa shape index (κ3) is 8.89. The lowest BCUT2D eigenvalue weighted by molar-refractivity contribution is -0.134. The maximum atomic E-state index is 12.9. The van der Waals surface area contributed by atoms with E-state index in [4.69, 9.17) is 31.4 Å². The molecule has 1 saturated heterocycles. The van der Waals surface area contributed by atoms with Gasteiger partial charge in [-0.1, -0.05) is 35.9 Å². The van der Waals surface area contributed by atoms with Crippen LogP contribution in [-0.2, 0) is 19.6 Å². The first-order valence-corrected chi connectivity index (χ1v) is 14.6. The van der Waals surface area contributed by atoms with Gasteiger partial charge in [-0.05, 0) is 56.7 Å². The summed E-state index contributed by atoms with van der Waals surface area (Å²) in [5.41, 5.74) is 0.738. The summed E-state index contributed by atoms with van der Waals surface area (Å²) < 4.78 is 38.3. The van der Waals surface area contributed by atoms with E-state index in [0.29, 0.717) is 42.8 Å². The molecule has 0 bridgehead atoms. The van der Waals surface area contributed by atoms with Crippen LogP contribution < -0.4 is 9.04 Å². The van der Waals surface area contributed by atoms with Gasteiger partial charge in [0, 0.05) is 25.9 Å². The van der Waals surface area contributed by atoms with Crippen molar-refractivity contribution < 1.29 is 32.6 Å². The molecule has 214 valence electrons. The maximum Gasteiger partial charge on any atom is 0.410 e. The Labute approximate surface area is 239 Å². The van der Waals surface area contributed by atoms with Crippen molar-refractivity contribution in [3.05, 3.63) is 64.7 Å². The second-order valence-electron chi connectivity index (χ2n) is 10.2. The first-order valence-electron chi connectivity index (χ1n) is 12.6. The van der Waals surface area contributed by atoms with E-state index < -0.39 is 27.3 Å². The van der Waals surface area contributed by atoms with Gasteiger partial charge in [0.15, 0.2) is 5.75 Å². The van der Waals surface area contributed by atoms with Crippen LogP contribution in [0.25, 0.3) is 6.08 Å². The summed E-state index contributed by atoms with van der Waals surface area (Å²) in [5.74, 6) is -2.24. The Morgan fingerprint density at radius 2 is 1.90 bits per heavy atom. The summed E-state index contributed by atoms with van der Waals surface area (Å²) >= 11 is 6.47. The van der Waals surface area contributed by atoms with Gasteiger partial charge in [-0.15, -0.1) is 0 Å². The van der Waals surface area contributed by atoms with Gasteiger partial charge < -0.3 is 19.5 Å². The molecule has 0 spiro atoms. The molecule has 40 heavy (non-hydrogen) atoms. The highest BCUT2D eigenvalue weighted by atomic mass is 35.5. The second kappa shape index (κ2) is 13.1. The minimum absolute atomic E-state index is 0.160. The summed E-state index contributed by atoms with van der Waals surface area (Å²) in [4.78, 5) is 25.2. The normalized spacial score (nSPS) is 14.5. The predicted octanol–water partition coefficient (Wildman–Crippen LogP) is 4.92. The molecule has 1 aliphatic rings. The summed E-state index contributed by atoms with van der Waals surface area (Å²) in [6, 6.07) is 13.3. The van der Waals surface area contributed by atoms with Crippen LogP contribution in [-0.4, -0.2) is 67.6 Å². The van der Waals surface area contributed by atoms with E-state index in [2.05, 4.69) is 0 Å². The number of carbonyl (C=O) groups is 2. The number of ether oxygens (including phenoxy) is 2. The third-order valence-corrected chi connectivity index (χ3v) is 7.77. The number of aliphatic carboxylic acids is 1. The van der Waals surface area contributed by atoms with Crippen molar-refractivity contribution in [3.8, 4) is 11.8 Å². The fourth-order valence-corrected chi connectivity index (χ4v) is 5.45. The largest absolute Gasteiger partial charge is 0.489 e. The number of rotatable bonds is 9. The topological polar surface area (TPSA) is 137 Å². The molecule has 2 aromatic rings. The van der Waals surface area contributed by atoms with Gasteiger partial charge in [-0.2, -0.15) is 5.26 Å². The summed E-state index contributed by atoms with van der Waals surface area (Å²) in [6.45, 7) is 6.19. The number of nitriles is 1. The Balaban J connectivity index is 1.73. The number of benzene rings is 2. The van der Waals surface area contributed by atoms with E-state index in [1.165, 1.54) is 12.1 Å². The van der Waals surface area contributed by atoms with Crippen LogP contribution in [0.2, 0.25) is 5.02 Å². The fourth-order valence-electron chi connectivity index (χ4n) is 4.01. The van der Waals surface area contributed by atoms with Gasteiger partial charge in [0.2, 0.25) is 10.0 Å². The van der Waals surface area contributed by atoms with Gasteiger partial charge in [-0.3, -0.25) is 9.10 Å². The Morgan fingerprint density at radius 1 is 1.20 bits per heavy atom. The number of likely N-dealkylation sites (tertiary alicyclic amines) is 1. The number of piperidine rings is 1. The molecule has 0 aliphatic carbocycles. The predicted molar refractivity (Wildman–Crippen MR) is 152 cm³/mol. The second-order valence-corrected chi connectivity index (χ2v) is 12.5. The molecule has 2 aromatic carbocycles. The molecular weight excluding hydrogens is 558 g/mol. The van der Waals surface area contributed by atoms with Crippen LogP contribution in [0.1, 0.15) is 44.7 Å². The molecule has 0 saturated carbocycles. The number of nitrogens with zero attached hydrogens (tertiary/aromatic N) is 3. The number of amides is 1. The molecule has 1 fully saturated rings. The smallest absolute Gasteiger partial charge is 0.410 e. The zero-order valence-electron chi connectivity index (χ0n) is 22.5. The fraction of sp³-hybridized carbons (Fsp3) is 0.393. The minimum atomic E-state index is -4.24. The van der Waals surface area contributed by atoms with E-state index in [1.807, 2.05) is 26.8 Å². The third-order valence-electron chi connectivity index (χ3n) is 5.83. The van der Waals surface area contributed by atoms with E-state index in [0.717, 1.165) is 4.31 Å². The first kappa shape index (κ1) is 30.8. The molecule has 1 heterocycles. The van der Waals surface area contributed by atoms with Crippen molar-refractivity contribution in [3.63, 3.8) is 0 Å². The highest BCUT2D eigenvalue weighted by molar-refractivity contribution is 7.93. The number of anilines is 1. The average Bonchev–Trinajstić information content (AvgIpc) is 2.86. The van der Waals surface area contributed by atoms with Crippen molar-refractivity contribution in [1.29, 1.82) is 5.26 Å². The van der Waals surface area contributed by atoms with Crippen LogP contribution in [0.4, 0.5) is 10.5 Å². The standard InChI is InChI=1S/C28H32ClN3O7S/c1-28(2,3)39-27(35)31-14-11-23(12-15-31)38-25-10-9-22(17-24(25)29)32(40(36,37)19-26(33)34)13-5-8-20-6-4-7-21(16-20)18-30/h4-10,16-17,23H,11-15,19H2,1-3H3,(H,33,34). The Kier molecular flexibility index (Phi) is 10.1. The highest BCUT2D eigenvalue weighted by Crippen LogP contribution is 2.33. The number of hydrogen-bond acceptors (Lipinski definition) is 7. The molecule has 0 unspecified atom stereocenters. The summed E-state index contributed by atoms with van der Waals surface area (Å²) in [6.07, 6.45) is 3.76. The molecule has 0 radical (unpaired) electrons. The lowest BCUT2D eigenvalue weighted by atomic mass is 10.1. The molecule has 0 atom stereocenters. The molecular formula is C28H32ClN3O7S. The SMILES string of the molecule is CC(C)(C)OC(=O)N1CCC(Oc2ccc(N(CC=Cc3cccc(C#N)c3)S(=O)(=O)CC(=O)O)cc2Cl)CC1. The number of carboxylic acid groups (broad SMARTS) is 1. The summed E-state index contributed by atoms with van der Waals surface area (Å²) in [5, 5.41) is 18.4. The minimum Gasteiger partial charge on any atom is -0.489 e. The zero-order chi connectivity index (χ0) is 29.5. The molecule has 0 aromatic heterocycles. The van der Waals surface area contributed by atoms with Gasteiger partial charge in [-0.25, -0.2) is 13.2 Å². The van der Waals surface area contributed by atoms with E-state index in [-0.39, 0.29) is 29.5 Å². The van der Waals surface area contributed by atoms with Crippen molar-refractivity contribution in [1.82, 2.24) is 4.90 Å². The molecule has 12 heteroatoms. The van der Waals surface area contributed by atoms with E-state index in [1.54, 1.807) is 47.4 Å². The Hall–Kier alpha value is -3.75. The lowest BCUT2D eigenvalue weighted by Crippen LogP contribution is -2.44. The van der Waals surface area contributed by atoms with E-state index in [9.17, 15) is 18.0 Å². The highest BCUT2D eigenvalue weighted by Gasteiger charge is 2.29. The Morgan fingerprint density at radius 3 is 2.50 bits per heavy atom. The quantitative estimate of drug-likeness (QED) is 0.435. The van der Waals surface area contributed by atoms with Gasteiger partial charge >= 0.3 is 12.1 Å². The number of carbonyl (C=O) groups excluding carboxylic acids is 1. The van der Waals surface area contributed by atoms with Crippen LogP contribution in [0.3, 0.4) is 0 Å². The maximum absolute atomic E-state index is 12.9. The first-order chi connectivity index (χ1) is 18.8. The van der Waals surface area contributed by atoms with Crippen molar-refractivity contribution >= 4 is 45.5 Å². The number of halogens is 1. The van der Waals surface area contributed by atoms with E-state index >= 15 is 0 Å². The number of hydrogen-bond donors (Lipinski definition) is 1. The molecule has 1 aliphatic heterocycles. The molecule has 3 rings (SSSR count). The van der Waals surface area contributed by atoms with Crippen molar-refractivity contribution in [2.75, 3.05) is 29.7 Å². The van der Waals surface area contributed by atoms with Crippen LogP contribution in [0.5, 0.6) is 5.75 Å². The van der Waals surface area contributed by atoms with Crippen LogP contribution in [0.15, 0.2) is 48.5 Å². The van der Waals surface area contributed by atoms with Gasteiger partial charge in [0.1, 0.15) is 17.5 Å². The molecule has 1 N–H and O–H groups in total. The average molecular weight is 590 g/mol. The van der Waals surface area contributed by atoms with Gasteiger partial charge in [0.25, 0.3) is 0 Å². The van der Waals surface area contributed by atoms with Crippen LogP contribution in [0, 0.1) is 11.3 Å². The van der Waals surface area contributed by atoms with Crippen LogP contribution >= 0.6 is 11.6 Å². The monoisotopic (exact) mass is 589 g/mol. The Bertz CT molecular complexity index is 1410. The van der Waals surface area contributed by atoms with Crippen molar-refractivity contribution in [2.24, 2.45) is 0 Å². The number of carboxylic acids is 1. The zero-order valence-corrected chi connectivity index (χ0v) is 24.1. The lowest BCUT2D eigenvalue weighted by Gasteiger charge is -2.33. The van der Waals surface area contributed by atoms with Gasteiger partial charge in [0.05, 0.1) is 28.9 Å². The summed E-state index contributed by atoms with van der Waals surface area (Å²) in [7, 11) is -4.24. The van der Waals surface area contributed by atoms with Crippen molar-refractivity contribution in [2.45, 2.75) is 45.3 Å². The number of sulfonamides is 1.